The zero-order valence-electron chi connectivity index (χ0n) is 16.9. The van der Waals surface area contributed by atoms with Gasteiger partial charge in [0.1, 0.15) is 5.75 Å². The Balaban J connectivity index is 2.23. The van der Waals surface area contributed by atoms with E-state index in [9.17, 15) is 26.8 Å². The normalized spacial score (nSPS) is 11.6. The molecule has 0 aliphatic carbocycles. The van der Waals surface area contributed by atoms with Crippen molar-refractivity contribution in [2.75, 3.05) is 13.7 Å². The van der Waals surface area contributed by atoms with Gasteiger partial charge in [-0.3, -0.25) is 0 Å². The average molecular weight is 454 g/mol. The average Bonchev–Trinajstić information content (AvgIpc) is 2.70. The smallest absolute Gasteiger partial charge is 0.333 e. The first kappa shape index (κ1) is 23.8. The van der Waals surface area contributed by atoms with Crippen LogP contribution in [0.3, 0.4) is 0 Å². The summed E-state index contributed by atoms with van der Waals surface area (Å²) >= 11 is 0. The van der Waals surface area contributed by atoms with E-state index in [1.165, 1.54) is 32.2 Å². The van der Waals surface area contributed by atoms with Crippen LogP contribution in [0.2, 0.25) is 0 Å². The third-order valence-corrected chi connectivity index (χ3v) is 5.16. The highest BCUT2D eigenvalue weighted by Crippen LogP contribution is 2.30. The molecule has 2 amide bonds. The number of hydrogen-bond donors (Lipinski definition) is 2. The van der Waals surface area contributed by atoms with Gasteiger partial charge in [-0.1, -0.05) is 0 Å². The lowest BCUT2D eigenvalue weighted by molar-refractivity contribution is -0.138. The highest BCUT2D eigenvalue weighted by Gasteiger charge is 2.18. The van der Waals surface area contributed by atoms with Crippen molar-refractivity contribution in [3.05, 3.63) is 59.2 Å². The Morgan fingerprint density at radius 3 is 2.19 bits per heavy atom. The summed E-state index contributed by atoms with van der Waals surface area (Å²) in [5.41, 5.74) is 0.256. The maximum Gasteiger partial charge on any atom is 0.333 e. The number of esters is 1. The largest absolute Gasteiger partial charge is 0.463 e. The molecular weight excluding hydrogens is 434 g/mol. The molecule has 0 heterocycles. The molecular formula is C20H20F2N2O6S. The molecule has 0 saturated carbocycles. The molecule has 2 aromatic carbocycles. The fourth-order valence-electron chi connectivity index (χ4n) is 2.35. The van der Waals surface area contributed by atoms with Crippen LogP contribution in [-0.2, 0) is 19.6 Å². The van der Waals surface area contributed by atoms with Gasteiger partial charge in [0, 0.05) is 12.6 Å². The first-order chi connectivity index (χ1) is 14.6. The molecule has 0 spiro atoms. The second-order valence-electron chi connectivity index (χ2n) is 6.12. The minimum Gasteiger partial charge on any atom is -0.463 e. The Morgan fingerprint density at radius 1 is 1.10 bits per heavy atom. The molecule has 0 aliphatic heterocycles. The summed E-state index contributed by atoms with van der Waals surface area (Å²) in [6.45, 7) is 3.26. The molecule has 166 valence electrons. The third kappa shape index (κ3) is 6.25. The first-order valence-corrected chi connectivity index (χ1v) is 10.4. The van der Waals surface area contributed by atoms with Gasteiger partial charge in [0.2, 0.25) is 0 Å². The summed E-state index contributed by atoms with van der Waals surface area (Å²) < 4.78 is 64.6. The number of halogens is 2. The van der Waals surface area contributed by atoms with Crippen LogP contribution >= 0.6 is 0 Å². The van der Waals surface area contributed by atoms with Gasteiger partial charge < -0.3 is 14.8 Å². The maximum atomic E-state index is 14.4. The molecule has 0 unspecified atom stereocenters. The van der Waals surface area contributed by atoms with Crippen molar-refractivity contribution in [3.8, 4) is 11.5 Å². The molecule has 0 atom stereocenters. The molecule has 2 rings (SSSR count). The second-order valence-corrected chi connectivity index (χ2v) is 7.80. The van der Waals surface area contributed by atoms with Gasteiger partial charge >= 0.3 is 12.0 Å². The van der Waals surface area contributed by atoms with E-state index in [0.717, 1.165) is 24.3 Å². The number of nitrogens with one attached hydrogen (secondary N) is 2. The number of carbonyl (C=O) groups is 2. The van der Waals surface area contributed by atoms with E-state index < -0.39 is 39.4 Å². The molecule has 0 saturated heterocycles. The lowest BCUT2D eigenvalue weighted by Crippen LogP contribution is -2.37. The SMILES string of the molecule is CCOC(=O)/C(C)=C/c1cc(F)c(Oc2ccc(S(=O)(=O)NC(=O)NC)cc2)c(F)c1. The zero-order chi connectivity index (χ0) is 23.2. The van der Waals surface area contributed by atoms with E-state index in [-0.39, 0.29) is 28.4 Å². The molecule has 0 fully saturated rings. The Hall–Kier alpha value is -3.47. The maximum absolute atomic E-state index is 14.4. The Labute approximate surface area is 177 Å². The summed E-state index contributed by atoms with van der Waals surface area (Å²) in [5, 5.41) is 2.11. The van der Waals surface area contributed by atoms with Crippen molar-refractivity contribution in [2.45, 2.75) is 18.7 Å². The van der Waals surface area contributed by atoms with Crippen molar-refractivity contribution < 1.29 is 36.3 Å². The van der Waals surface area contributed by atoms with E-state index >= 15 is 0 Å². The predicted octanol–water partition coefficient (Wildman–Crippen LogP) is 3.34. The van der Waals surface area contributed by atoms with E-state index in [1.54, 1.807) is 11.6 Å². The van der Waals surface area contributed by atoms with Crippen molar-refractivity contribution in [1.29, 1.82) is 0 Å². The van der Waals surface area contributed by atoms with E-state index in [0.29, 0.717) is 0 Å². The van der Waals surface area contributed by atoms with Gasteiger partial charge in [-0.15, -0.1) is 0 Å². The molecule has 8 nitrogen and oxygen atoms in total. The summed E-state index contributed by atoms with van der Waals surface area (Å²) in [6, 6.07) is 5.61. The topological polar surface area (TPSA) is 111 Å². The molecule has 31 heavy (non-hydrogen) atoms. The molecule has 0 aromatic heterocycles. The molecule has 0 aliphatic rings. The summed E-state index contributed by atoms with van der Waals surface area (Å²) in [6.07, 6.45) is 1.27. The summed E-state index contributed by atoms with van der Waals surface area (Å²) in [4.78, 5) is 22.6. The fourth-order valence-corrected chi connectivity index (χ4v) is 3.31. The number of urea groups is 1. The Morgan fingerprint density at radius 2 is 1.68 bits per heavy atom. The predicted molar refractivity (Wildman–Crippen MR) is 108 cm³/mol. The number of carbonyl (C=O) groups excluding carboxylic acids is 2. The van der Waals surface area contributed by atoms with Gasteiger partial charge in [-0.05, 0) is 61.9 Å². The monoisotopic (exact) mass is 454 g/mol. The standard InChI is InChI=1S/C20H20F2N2O6S/c1-4-29-19(25)12(2)9-13-10-16(21)18(17(22)11-13)30-14-5-7-15(8-6-14)31(27,28)24-20(26)23-3/h5-11H,4H2,1-3H3,(H2,23,24,26)/b12-9+. The van der Waals surface area contributed by atoms with Crippen LogP contribution in [0.4, 0.5) is 13.6 Å². The van der Waals surface area contributed by atoms with Crippen LogP contribution in [0.15, 0.2) is 46.9 Å². The van der Waals surface area contributed by atoms with Crippen molar-refractivity contribution in [2.24, 2.45) is 0 Å². The lowest BCUT2D eigenvalue weighted by Gasteiger charge is -2.10. The molecule has 2 N–H and O–H groups in total. The van der Waals surface area contributed by atoms with Crippen molar-refractivity contribution >= 4 is 28.1 Å². The highest BCUT2D eigenvalue weighted by atomic mass is 32.2. The van der Waals surface area contributed by atoms with Gasteiger partial charge in [-0.2, -0.15) is 0 Å². The van der Waals surface area contributed by atoms with E-state index in [4.69, 9.17) is 9.47 Å². The highest BCUT2D eigenvalue weighted by molar-refractivity contribution is 7.90. The van der Waals surface area contributed by atoms with Crippen LogP contribution in [0.25, 0.3) is 6.08 Å². The minimum absolute atomic E-state index is 0.0392. The molecule has 0 radical (unpaired) electrons. The number of amides is 2. The van der Waals surface area contributed by atoms with Crippen LogP contribution in [0.1, 0.15) is 19.4 Å². The number of ether oxygens (including phenoxy) is 2. The van der Waals surface area contributed by atoms with E-state index in [1.807, 2.05) is 0 Å². The summed E-state index contributed by atoms with van der Waals surface area (Å²) in [7, 11) is -2.86. The van der Waals surface area contributed by atoms with Crippen LogP contribution in [-0.4, -0.2) is 34.1 Å². The summed E-state index contributed by atoms with van der Waals surface area (Å²) in [5.74, 6) is -3.40. The van der Waals surface area contributed by atoms with Gasteiger partial charge in [0.25, 0.3) is 10.0 Å². The number of rotatable bonds is 7. The molecule has 2 aromatic rings. The first-order valence-electron chi connectivity index (χ1n) is 8.94. The van der Waals surface area contributed by atoms with Gasteiger partial charge in [-0.25, -0.2) is 31.5 Å². The van der Waals surface area contributed by atoms with Crippen molar-refractivity contribution in [3.63, 3.8) is 0 Å². The number of sulfonamides is 1. The van der Waals surface area contributed by atoms with E-state index in [2.05, 4.69) is 5.32 Å². The lowest BCUT2D eigenvalue weighted by atomic mass is 10.1. The van der Waals surface area contributed by atoms with Gasteiger partial charge in [0.05, 0.1) is 11.5 Å². The quantitative estimate of drug-likeness (QED) is 0.490. The Bertz CT molecular complexity index is 1090. The minimum atomic E-state index is -4.12. The van der Waals surface area contributed by atoms with Gasteiger partial charge in [0.15, 0.2) is 17.4 Å². The zero-order valence-corrected chi connectivity index (χ0v) is 17.7. The Kier molecular flexibility index (Phi) is 7.70. The third-order valence-electron chi connectivity index (χ3n) is 3.81. The number of benzene rings is 2. The van der Waals surface area contributed by atoms with Crippen LogP contribution in [0.5, 0.6) is 11.5 Å². The second kappa shape index (κ2) is 10.0. The molecule has 0 bridgehead atoms. The van der Waals surface area contributed by atoms with Crippen LogP contribution < -0.4 is 14.8 Å². The van der Waals surface area contributed by atoms with Crippen LogP contribution in [0, 0.1) is 11.6 Å². The number of hydrogen-bond acceptors (Lipinski definition) is 6. The molecule has 11 heteroatoms. The fraction of sp³-hybridized carbons (Fsp3) is 0.200. The van der Waals surface area contributed by atoms with Crippen molar-refractivity contribution in [1.82, 2.24) is 10.0 Å².